The maximum absolute atomic E-state index is 11.8. The van der Waals surface area contributed by atoms with Crippen LogP contribution in [0.15, 0.2) is 11.8 Å². The van der Waals surface area contributed by atoms with Crippen molar-refractivity contribution in [3.05, 3.63) is 11.8 Å². The fraction of sp³-hybridized carbons (Fsp3) is 0.556. The Bertz CT molecular complexity index is 257. The lowest BCUT2D eigenvalue weighted by Gasteiger charge is -2.11. The van der Waals surface area contributed by atoms with Gasteiger partial charge in [-0.3, -0.25) is 9.18 Å². The summed E-state index contributed by atoms with van der Waals surface area (Å²) in [6.45, 7) is -0.390. The van der Waals surface area contributed by atoms with E-state index in [1.54, 1.807) is 7.05 Å². The summed E-state index contributed by atoms with van der Waals surface area (Å²) in [6.07, 6.45) is 2.22. The Morgan fingerprint density at radius 2 is 2.36 bits per heavy atom. The summed E-state index contributed by atoms with van der Waals surface area (Å²) in [7, 11) is 1.64. The van der Waals surface area contributed by atoms with Gasteiger partial charge in [-0.1, -0.05) is 0 Å². The van der Waals surface area contributed by atoms with Crippen LogP contribution in [0.1, 0.15) is 12.8 Å². The Balaban J connectivity index is 4.15. The molecule has 0 fully saturated rings. The molecule has 0 aliphatic heterocycles. The smallest absolute Gasteiger partial charge is 0.236 e. The molecule has 0 aromatic carbocycles. The fourth-order valence-corrected chi connectivity index (χ4v) is 0.964. The van der Waals surface area contributed by atoms with Crippen LogP contribution in [0.2, 0.25) is 0 Å². The molecule has 0 aliphatic rings. The first-order chi connectivity index (χ1) is 6.60. The maximum Gasteiger partial charge on any atom is 0.236 e. The molecule has 5 heteroatoms. The lowest BCUT2D eigenvalue weighted by molar-refractivity contribution is -0.118. The van der Waals surface area contributed by atoms with Crippen molar-refractivity contribution in [3.8, 4) is 6.07 Å². The molecule has 4 nitrogen and oxygen atoms in total. The van der Waals surface area contributed by atoms with Crippen molar-refractivity contribution >= 4 is 5.91 Å². The van der Waals surface area contributed by atoms with Crippen molar-refractivity contribution in [1.82, 2.24) is 4.90 Å². The van der Waals surface area contributed by atoms with Crippen LogP contribution < -0.4 is 5.73 Å². The van der Waals surface area contributed by atoms with Gasteiger partial charge in [0.2, 0.25) is 5.91 Å². The highest BCUT2D eigenvalue weighted by Crippen LogP contribution is 2.04. The van der Waals surface area contributed by atoms with Crippen molar-refractivity contribution in [2.75, 3.05) is 20.3 Å². The van der Waals surface area contributed by atoms with E-state index in [0.29, 0.717) is 18.4 Å². The van der Waals surface area contributed by atoms with E-state index in [1.807, 2.05) is 6.07 Å². The molecule has 0 saturated carbocycles. The molecule has 0 aromatic heterocycles. The quantitative estimate of drug-likeness (QED) is 0.635. The number of likely N-dealkylation sites (N-methyl/N-ethyl adjacent to an activating group) is 1. The topological polar surface area (TPSA) is 70.1 Å². The van der Waals surface area contributed by atoms with Gasteiger partial charge >= 0.3 is 0 Å². The summed E-state index contributed by atoms with van der Waals surface area (Å²) >= 11 is 0. The average Bonchev–Trinajstić information content (AvgIpc) is 2.10. The predicted octanol–water partition coefficient (Wildman–Crippen LogP) is 0.561. The van der Waals surface area contributed by atoms with E-state index in [2.05, 4.69) is 0 Å². The molecule has 2 N–H and O–H groups in total. The van der Waals surface area contributed by atoms with Gasteiger partial charge in [0.05, 0.1) is 19.3 Å². The molecular weight excluding hydrogens is 185 g/mol. The van der Waals surface area contributed by atoms with E-state index in [-0.39, 0.29) is 6.54 Å². The molecule has 14 heavy (non-hydrogen) atoms. The van der Waals surface area contributed by atoms with Crippen LogP contribution in [0.3, 0.4) is 0 Å². The van der Waals surface area contributed by atoms with Crippen LogP contribution in [-0.2, 0) is 4.79 Å². The predicted molar refractivity (Wildman–Crippen MR) is 50.7 cm³/mol. The number of alkyl halides is 1. The number of carbonyl (C=O) groups is 1. The number of nitrogens with zero attached hydrogens (tertiary/aromatic N) is 2. The van der Waals surface area contributed by atoms with Gasteiger partial charge in [0.15, 0.2) is 0 Å². The van der Waals surface area contributed by atoms with E-state index < -0.39 is 12.6 Å². The Morgan fingerprint density at radius 1 is 1.71 bits per heavy atom. The van der Waals surface area contributed by atoms with Crippen LogP contribution >= 0.6 is 0 Å². The Morgan fingerprint density at radius 3 is 2.79 bits per heavy atom. The van der Waals surface area contributed by atoms with Gasteiger partial charge < -0.3 is 10.6 Å². The van der Waals surface area contributed by atoms with E-state index >= 15 is 0 Å². The molecule has 1 amide bonds. The third kappa shape index (κ3) is 6.00. The number of nitrogens with two attached hydrogens (primary N) is 1. The molecule has 0 saturated heterocycles. The molecule has 0 rings (SSSR count). The standard InChI is InChI=1S/C9H14FN3O/c1-13(7-9(12)14)6-8(5-11)3-2-4-10/h6H,2-4,7H2,1H3,(H2,12,14)/b8-6-. The molecule has 0 aliphatic carbocycles. The van der Waals surface area contributed by atoms with Gasteiger partial charge in [0, 0.05) is 18.8 Å². The minimum absolute atomic E-state index is 0.0564. The molecule has 0 heterocycles. The second-order valence-corrected chi connectivity index (χ2v) is 2.94. The van der Waals surface area contributed by atoms with Crippen molar-refractivity contribution in [1.29, 1.82) is 5.26 Å². The first kappa shape index (κ1) is 12.4. The SMILES string of the molecule is CN(/C=C(\C#N)CCCF)CC(N)=O. The van der Waals surface area contributed by atoms with Gasteiger partial charge in [-0.05, 0) is 12.8 Å². The molecule has 78 valence electrons. The second kappa shape index (κ2) is 6.89. The van der Waals surface area contributed by atoms with Crippen LogP contribution in [0.4, 0.5) is 4.39 Å². The van der Waals surface area contributed by atoms with Crippen LogP contribution in [0.5, 0.6) is 0 Å². The third-order valence-corrected chi connectivity index (χ3v) is 1.50. The number of allylic oxidation sites excluding steroid dienone is 1. The molecule has 0 bridgehead atoms. The van der Waals surface area contributed by atoms with Gasteiger partial charge in [-0.2, -0.15) is 5.26 Å². The lowest BCUT2D eigenvalue weighted by atomic mass is 10.2. The highest BCUT2D eigenvalue weighted by Gasteiger charge is 2.01. The maximum atomic E-state index is 11.8. The van der Waals surface area contributed by atoms with Crippen molar-refractivity contribution in [2.45, 2.75) is 12.8 Å². The summed E-state index contributed by atoms with van der Waals surface area (Å²) in [5, 5.41) is 8.65. The Labute approximate surface area is 82.8 Å². The molecule has 0 radical (unpaired) electrons. The van der Waals surface area contributed by atoms with E-state index in [1.165, 1.54) is 11.1 Å². The first-order valence-electron chi connectivity index (χ1n) is 4.25. The summed E-state index contributed by atoms with van der Waals surface area (Å²) in [4.78, 5) is 12.0. The molecule has 0 unspecified atom stereocenters. The zero-order chi connectivity index (χ0) is 11.0. The third-order valence-electron chi connectivity index (χ3n) is 1.50. The molecule has 0 atom stereocenters. The normalized spacial score (nSPS) is 10.8. The zero-order valence-electron chi connectivity index (χ0n) is 8.16. The Hall–Kier alpha value is -1.57. The first-order valence-corrected chi connectivity index (χ1v) is 4.25. The van der Waals surface area contributed by atoms with Crippen molar-refractivity contribution in [2.24, 2.45) is 5.73 Å². The number of nitriles is 1. The van der Waals surface area contributed by atoms with Gasteiger partial charge in [-0.25, -0.2) is 0 Å². The summed E-state index contributed by atoms with van der Waals surface area (Å²) in [5.74, 6) is -0.466. The van der Waals surface area contributed by atoms with Gasteiger partial charge in [-0.15, -0.1) is 0 Å². The largest absolute Gasteiger partial charge is 0.370 e. The summed E-state index contributed by atoms with van der Waals surface area (Å²) in [6, 6.07) is 1.94. The van der Waals surface area contributed by atoms with Crippen LogP contribution in [-0.4, -0.2) is 31.1 Å². The van der Waals surface area contributed by atoms with Crippen molar-refractivity contribution in [3.63, 3.8) is 0 Å². The lowest BCUT2D eigenvalue weighted by Crippen LogP contribution is -2.27. The summed E-state index contributed by atoms with van der Waals surface area (Å²) in [5.41, 5.74) is 5.41. The molecule has 0 spiro atoms. The molecule has 0 aromatic rings. The fourth-order valence-electron chi connectivity index (χ4n) is 0.964. The van der Waals surface area contributed by atoms with E-state index in [0.717, 1.165) is 0 Å². The van der Waals surface area contributed by atoms with Gasteiger partial charge in [0.1, 0.15) is 0 Å². The highest BCUT2D eigenvalue weighted by atomic mass is 19.1. The number of primary amides is 1. The van der Waals surface area contributed by atoms with Crippen molar-refractivity contribution < 1.29 is 9.18 Å². The average molecular weight is 199 g/mol. The number of hydrogen-bond acceptors (Lipinski definition) is 3. The number of hydrogen-bond donors (Lipinski definition) is 1. The number of halogens is 1. The minimum atomic E-state index is -0.466. The minimum Gasteiger partial charge on any atom is -0.370 e. The van der Waals surface area contributed by atoms with Gasteiger partial charge in [0.25, 0.3) is 0 Å². The zero-order valence-corrected chi connectivity index (χ0v) is 8.16. The number of rotatable bonds is 6. The highest BCUT2D eigenvalue weighted by molar-refractivity contribution is 5.76. The van der Waals surface area contributed by atoms with Crippen LogP contribution in [0.25, 0.3) is 0 Å². The number of amides is 1. The van der Waals surface area contributed by atoms with E-state index in [4.69, 9.17) is 11.0 Å². The van der Waals surface area contributed by atoms with Crippen LogP contribution in [0, 0.1) is 11.3 Å². The Kier molecular flexibility index (Phi) is 6.12. The van der Waals surface area contributed by atoms with E-state index in [9.17, 15) is 9.18 Å². The second-order valence-electron chi connectivity index (χ2n) is 2.94. The monoisotopic (exact) mass is 199 g/mol. The summed E-state index contributed by atoms with van der Waals surface area (Å²) < 4.78 is 11.8. The number of carbonyl (C=O) groups excluding carboxylic acids is 1. The molecular formula is C9H14FN3O.